The molecule has 0 amide bonds. The Balaban J connectivity index is 2.37. The highest BCUT2D eigenvalue weighted by Gasteiger charge is 2.10. The number of hydrogen-bond donors (Lipinski definition) is 3. The summed E-state index contributed by atoms with van der Waals surface area (Å²) in [6, 6.07) is 8.15. The van der Waals surface area contributed by atoms with Gasteiger partial charge in [0.05, 0.1) is 0 Å². The van der Waals surface area contributed by atoms with Crippen molar-refractivity contribution in [1.29, 1.82) is 0 Å². The molecule has 0 spiro atoms. The van der Waals surface area contributed by atoms with Crippen LogP contribution in [0.2, 0.25) is 0 Å². The molecular formula is C12H16N4. The van der Waals surface area contributed by atoms with E-state index in [4.69, 9.17) is 5.73 Å². The number of nitrogens with one attached hydrogen (secondary N) is 2. The zero-order valence-electron chi connectivity index (χ0n) is 9.54. The van der Waals surface area contributed by atoms with Crippen molar-refractivity contribution in [2.45, 2.75) is 13.8 Å². The van der Waals surface area contributed by atoms with E-state index in [2.05, 4.69) is 34.6 Å². The largest absolute Gasteiger partial charge is 0.394 e. The number of aromatic nitrogens is 2. The topological polar surface area (TPSA) is 66.7 Å². The summed E-state index contributed by atoms with van der Waals surface area (Å²) in [6.07, 6.45) is 0. The number of nitrogens with two attached hydrogens (primary N) is 1. The zero-order valence-corrected chi connectivity index (χ0v) is 9.54. The Morgan fingerprint density at radius 1 is 1.31 bits per heavy atom. The number of nitrogen functional groups attached to an aromatic ring is 1. The van der Waals surface area contributed by atoms with Crippen molar-refractivity contribution in [3.05, 3.63) is 29.8 Å². The quantitative estimate of drug-likeness (QED) is 0.738. The minimum absolute atomic E-state index is 0.672. The molecule has 16 heavy (non-hydrogen) atoms. The van der Waals surface area contributed by atoms with Crippen LogP contribution in [0.3, 0.4) is 0 Å². The van der Waals surface area contributed by atoms with Crippen molar-refractivity contribution in [2.75, 3.05) is 17.6 Å². The fraction of sp³-hybridized carbons (Fsp3) is 0.250. The van der Waals surface area contributed by atoms with E-state index < -0.39 is 0 Å². The maximum Gasteiger partial charge on any atom is 0.145 e. The van der Waals surface area contributed by atoms with Gasteiger partial charge in [0.1, 0.15) is 17.2 Å². The van der Waals surface area contributed by atoms with Gasteiger partial charge in [0, 0.05) is 12.1 Å². The van der Waals surface area contributed by atoms with Crippen LogP contribution in [-0.4, -0.2) is 16.7 Å². The molecule has 2 rings (SSSR count). The summed E-state index contributed by atoms with van der Waals surface area (Å²) in [5, 5.41) is 10.3. The maximum absolute atomic E-state index is 6.00. The van der Waals surface area contributed by atoms with Crippen LogP contribution in [0.15, 0.2) is 24.3 Å². The van der Waals surface area contributed by atoms with E-state index >= 15 is 0 Å². The van der Waals surface area contributed by atoms with E-state index in [9.17, 15) is 0 Å². The smallest absolute Gasteiger partial charge is 0.145 e. The number of rotatable bonds is 3. The number of nitrogens with zero attached hydrogens (tertiary/aromatic N) is 1. The van der Waals surface area contributed by atoms with Gasteiger partial charge in [-0.25, -0.2) is 0 Å². The minimum Gasteiger partial charge on any atom is -0.394 e. The average Bonchev–Trinajstić information content (AvgIpc) is 2.63. The molecule has 0 aliphatic rings. The van der Waals surface area contributed by atoms with Gasteiger partial charge >= 0.3 is 0 Å². The van der Waals surface area contributed by atoms with E-state index in [0.717, 1.165) is 23.6 Å². The SMILES string of the molecule is CCNc1[nH]nc(-c2ccc(C)cc2)c1N. The second-order valence-corrected chi connectivity index (χ2v) is 3.76. The molecule has 0 fully saturated rings. The molecule has 0 saturated heterocycles. The lowest BCUT2D eigenvalue weighted by Crippen LogP contribution is -1.99. The number of aryl methyl sites for hydroxylation is 1. The molecule has 1 heterocycles. The first-order valence-electron chi connectivity index (χ1n) is 5.37. The molecule has 0 bridgehead atoms. The van der Waals surface area contributed by atoms with E-state index in [1.807, 2.05) is 19.1 Å². The van der Waals surface area contributed by atoms with Crippen LogP contribution < -0.4 is 11.1 Å². The van der Waals surface area contributed by atoms with Crippen LogP contribution in [-0.2, 0) is 0 Å². The highest BCUT2D eigenvalue weighted by Crippen LogP contribution is 2.28. The normalized spacial score (nSPS) is 10.4. The lowest BCUT2D eigenvalue weighted by atomic mass is 10.1. The van der Waals surface area contributed by atoms with Gasteiger partial charge in [0.25, 0.3) is 0 Å². The molecule has 2 aromatic rings. The van der Waals surface area contributed by atoms with E-state index in [0.29, 0.717) is 5.69 Å². The van der Waals surface area contributed by atoms with Gasteiger partial charge in [-0.05, 0) is 13.8 Å². The fourth-order valence-corrected chi connectivity index (χ4v) is 1.59. The molecule has 0 aliphatic carbocycles. The third-order valence-electron chi connectivity index (χ3n) is 2.48. The molecular weight excluding hydrogens is 200 g/mol. The van der Waals surface area contributed by atoms with Crippen LogP contribution in [0.1, 0.15) is 12.5 Å². The molecule has 0 aliphatic heterocycles. The summed E-state index contributed by atoms with van der Waals surface area (Å²) >= 11 is 0. The van der Waals surface area contributed by atoms with Crippen molar-refractivity contribution in [3.8, 4) is 11.3 Å². The van der Waals surface area contributed by atoms with Crippen LogP contribution >= 0.6 is 0 Å². The molecule has 0 saturated carbocycles. The Hall–Kier alpha value is -1.97. The summed E-state index contributed by atoms with van der Waals surface area (Å²) in [5.74, 6) is 0.790. The second-order valence-electron chi connectivity index (χ2n) is 3.76. The predicted molar refractivity (Wildman–Crippen MR) is 67.3 cm³/mol. The second kappa shape index (κ2) is 4.26. The number of benzene rings is 1. The molecule has 1 aromatic heterocycles. The van der Waals surface area contributed by atoms with Crippen molar-refractivity contribution in [3.63, 3.8) is 0 Å². The Labute approximate surface area is 94.9 Å². The van der Waals surface area contributed by atoms with E-state index in [-0.39, 0.29) is 0 Å². The highest BCUT2D eigenvalue weighted by atomic mass is 15.2. The third-order valence-corrected chi connectivity index (χ3v) is 2.48. The van der Waals surface area contributed by atoms with E-state index in [1.54, 1.807) is 0 Å². The summed E-state index contributed by atoms with van der Waals surface area (Å²) in [6.45, 7) is 4.90. The first-order valence-corrected chi connectivity index (χ1v) is 5.37. The number of H-pyrrole nitrogens is 1. The molecule has 0 unspecified atom stereocenters. The van der Waals surface area contributed by atoms with Crippen LogP contribution in [0.5, 0.6) is 0 Å². The Morgan fingerprint density at radius 2 is 2.00 bits per heavy atom. The molecule has 4 heteroatoms. The number of anilines is 2. The molecule has 84 valence electrons. The first-order chi connectivity index (χ1) is 7.72. The lowest BCUT2D eigenvalue weighted by Gasteiger charge is -2.01. The van der Waals surface area contributed by atoms with Gasteiger partial charge < -0.3 is 11.1 Å². The van der Waals surface area contributed by atoms with Gasteiger partial charge in [0.2, 0.25) is 0 Å². The average molecular weight is 216 g/mol. The predicted octanol–water partition coefficient (Wildman–Crippen LogP) is 2.40. The Bertz CT molecular complexity index is 470. The van der Waals surface area contributed by atoms with Crippen LogP contribution in [0, 0.1) is 6.92 Å². The van der Waals surface area contributed by atoms with Gasteiger partial charge in [0.15, 0.2) is 0 Å². The van der Waals surface area contributed by atoms with Crippen molar-refractivity contribution in [1.82, 2.24) is 10.2 Å². The fourth-order valence-electron chi connectivity index (χ4n) is 1.59. The van der Waals surface area contributed by atoms with Crippen molar-refractivity contribution in [2.24, 2.45) is 0 Å². The van der Waals surface area contributed by atoms with Crippen LogP contribution in [0.4, 0.5) is 11.5 Å². The standard InChI is InChI=1S/C12H16N4/c1-3-14-12-10(13)11(15-16-12)9-6-4-8(2)5-7-9/h4-7H,3,13H2,1-2H3,(H2,14,15,16). The number of hydrogen-bond acceptors (Lipinski definition) is 3. The molecule has 4 nitrogen and oxygen atoms in total. The summed E-state index contributed by atoms with van der Waals surface area (Å²) in [7, 11) is 0. The molecule has 4 N–H and O–H groups in total. The lowest BCUT2D eigenvalue weighted by molar-refractivity contribution is 1.07. The Morgan fingerprint density at radius 3 is 2.62 bits per heavy atom. The molecule has 0 radical (unpaired) electrons. The van der Waals surface area contributed by atoms with Crippen LogP contribution in [0.25, 0.3) is 11.3 Å². The monoisotopic (exact) mass is 216 g/mol. The van der Waals surface area contributed by atoms with Gasteiger partial charge in [-0.1, -0.05) is 29.8 Å². The minimum atomic E-state index is 0.672. The summed E-state index contributed by atoms with van der Waals surface area (Å²) < 4.78 is 0. The third kappa shape index (κ3) is 1.86. The van der Waals surface area contributed by atoms with Gasteiger partial charge in [-0.3, -0.25) is 5.10 Å². The Kier molecular flexibility index (Phi) is 2.81. The van der Waals surface area contributed by atoms with Crippen molar-refractivity contribution < 1.29 is 0 Å². The van der Waals surface area contributed by atoms with Gasteiger partial charge in [-0.15, -0.1) is 0 Å². The first kappa shape index (κ1) is 10.5. The summed E-state index contributed by atoms with van der Waals surface area (Å²) in [5.41, 5.74) is 9.73. The zero-order chi connectivity index (χ0) is 11.5. The highest BCUT2D eigenvalue weighted by molar-refractivity contribution is 5.80. The summed E-state index contributed by atoms with van der Waals surface area (Å²) in [4.78, 5) is 0. The molecule has 1 aromatic carbocycles. The van der Waals surface area contributed by atoms with Gasteiger partial charge in [-0.2, -0.15) is 5.10 Å². The van der Waals surface area contributed by atoms with Crippen molar-refractivity contribution >= 4 is 11.5 Å². The molecule has 0 atom stereocenters. The maximum atomic E-state index is 6.00. The number of aromatic amines is 1. The van der Waals surface area contributed by atoms with E-state index in [1.165, 1.54) is 5.56 Å².